The first-order valence-electron chi connectivity index (χ1n) is 8.17. The summed E-state index contributed by atoms with van der Waals surface area (Å²) in [6, 6.07) is 4.53. The Morgan fingerprint density at radius 1 is 1.05 bits per heavy atom. The van der Waals surface area contributed by atoms with E-state index < -0.39 is 0 Å². The van der Waals surface area contributed by atoms with Gasteiger partial charge < -0.3 is 10.2 Å². The molecular weight excluding hydrogens is 258 g/mol. The van der Waals surface area contributed by atoms with Gasteiger partial charge in [0.05, 0.1) is 0 Å². The highest BCUT2D eigenvalue weighted by atomic mass is 15.2. The second kappa shape index (κ2) is 5.96. The van der Waals surface area contributed by atoms with E-state index in [2.05, 4.69) is 63.9 Å². The lowest BCUT2D eigenvalue weighted by molar-refractivity contribution is 0.423. The summed E-state index contributed by atoms with van der Waals surface area (Å²) in [5, 5.41) is 3.59. The SMILES string of the molecule is CC(C)(C)NCc1cc(N2CCCC2)nc(C(C)(C)C)c1. The first-order valence-corrected chi connectivity index (χ1v) is 8.17. The molecule has 1 aliphatic heterocycles. The molecule has 1 saturated heterocycles. The highest BCUT2D eigenvalue weighted by Crippen LogP contribution is 2.26. The van der Waals surface area contributed by atoms with Gasteiger partial charge in [-0.1, -0.05) is 20.8 Å². The van der Waals surface area contributed by atoms with Crippen LogP contribution in [-0.4, -0.2) is 23.6 Å². The van der Waals surface area contributed by atoms with Crippen molar-refractivity contribution in [3.05, 3.63) is 23.4 Å². The molecule has 0 amide bonds. The standard InChI is InChI=1S/C18H31N3/c1-17(2,3)15-11-14(13-19-18(4,5)6)12-16(20-15)21-9-7-8-10-21/h11-12,19H,7-10,13H2,1-6H3. The van der Waals surface area contributed by atoms with Gasteiger partial charge in [0.2, 0.25) is 0 Å². The van der Waals surface area contributed by atoms with Crippen LogP contribution < -0.4 is 10.2 Å². The van der Waals surface area contributed by atoms with Crippen LogP contribution in [0.5, 0.6) is 0 Å². The molecule has 0 unspecified atom stereocenters. The maximum atomic E-state index is 4.93. The zero-order chi connectivity index (χ0) is 15.7. The maximum absolute atomic E-state index is 4.93. The normalized spacial score (nSPS) is 16.6. The fourth-order valence-electron chi connectivity index (χ4n) is 2.53. The van der Waals surface area contributed by atoms with Crippen LogP contribution in [0.1, 0.15) is 65.6 Å². The molecule has 0 aromatic carbocycles. The van der Waals surface area contributed by atoms with E-state index in [0.717, 1.165) is 25.5 Å². The minimum absolute atomic E-state index is 0.0895. The molecule has 0 atom stereocenters. The van der Waals surface area contributed by atoms with E-state index >= 15 is 0 Å². The number of hydrogen-bond acceptors (Lipinski definition) is 3. The summed E-state index contributed by atoms with van der Waals surface area (Å²) in [5.74, 6) is 1.16. The van der Waals surface area contributed by atoms with E-state index in [0.29, 0.717) is 0 Å². The summed E-state index contributed by atoms with van der Waals surface area (Å²) < 4.78 is 0. The van der Waals surface area contributed by atoms with Crippen LogP contribution in [0.15, 0.2) is 12.1 Å². The molecule has 0 radical (unpaired) electrons. The highest BCUT2D eigenvalue weighted by Gasteiger charge is 2.21. The summed E-state index contributed by atoms with van der Waals surface area (Å²) in [7, 11) is 0. The zero-order valence-electron chi connectivity index (χ0n) is 14.6. The third kappa shape index (κ3) is 4.70. The Labute approximate surface area is 130 Å². The predicted octanol–water partition coefficient (Wildman–Crippen LogP) is 3.87. The Bertz CT molecular complexity index is 474. The molecule has 1 N–H and O–H groups in total. The minimum atomic E-state index is 0.0895. The molecule has 0 spiro atoms. The number of anilines is 1. The number of hydrogen-bond donors (Lipinski definition) is 1. The smallest absolute Gasteiger partial charge is 0.129 e. The van der Waals surface area contributed by atoms with Gasteiger partial charge >= 0.3 is 0 Å². The van der Waals surface area contributed by atoms with Gasteiger partial charge in [0.15, 0.2) is 0 Å². The molecule has 3 nitrogen and oxygen atoms in total. The number of nitrogens with zero attached hydrogens (tertiary/aromatic N) is 2. The van der Waals surface area contributed by atoms with Crippen molar-refractivity contribution in [3.8, 4) is 0 Å². The van der Waals surface area contributed by atoms with Crippen LogP contribution in [0.4, 0.5) is 5.82 Å². The predicted molar refractivity (Wildman–Crippen MR) is 91.0 cm³/mol. The number of nitrogens with one attached hydrogen (secondary N) is 1. The van der Waals surface area contributed by atoms with Crippen LogP contribution in [0.3, 0.4) is 0 Å². The Hall–Kier alpha value is -1.09. The lowest BCUT2D eigenvalue weighted by Gasteiger charge is -2.25. The first kappa shape index (κ1) is 16.3. The molecule has 1 aromatic rings. The highest BCUT2D eigenvalue weighted by molar-refractivity contribution is 5.44. The van der Waals surface area contributed by atoms with E-state index in [1.54, 1.807) is 0 Å². The molecule has 2 heterocycles. The number of rotatable bonds is 3. The zero-order valence-corrected chi connectivity index (χ0v) is 14.6. The van der Waals surface area contributed by atoms with Crippen molar-refractivity contribution in [1.29, 1.82) is 0 Å². The summed E-state index contributed by atoms with van der Waals surface area (Å²) >= 11 is 0. The van der Waals surface area contributed by atoms with Gasteiger partial charge in [0.25, 0.3) is 0 Å². The van der Waals surface area contributed by atoms with E-state index in [1.807, 2.05) is 0 Å². The van der Waals surface area contributed by atoms with Crippen LogP contribution >= 0.6 is 0 Å². The van der Waals surface area contributed by atoms with Crippen molar-refractivity contribution < 1.29 is 0 Å². The molecular formula is C18H31N3. The van der Waals surface area contributed by atoms with Gasteiger partial charge in [-0.05, 0) is 51.3 Å². The van der Waals surface area contributed by atoms with Gasteiger partial charge in [0, 0.05) is 36.3 Å². The average molecular weight is 289 g/mol. The molecule has 1 fully saturated rings. The van der Waals surface area contributed by atoms with Crippen molar-refractivity contribution in [1.82, 2.24) is 10.3 Å². The second-order valence-electron chi connectivity index (χ2n) is 8.27. The molecule has 1 aromatic heterocycles. The summed E-state index contributed by atoms with van der Waals surface area (Å²) in [5.41, 5.74) is 2.76. The molecule has 2 rings (SSSR count). The second-order valence-corrected chi connectivity index (χ2v) is 8.27. The lowest BCUT2D eigenvalue weighted by Crippen LogP contribution is -2.35. The fourth-order valence-corrected chi connectivity index (χ4v) is 2.53. The quantitative estimate of drug-likeness (QED) is 0.915. The Morgan fingerprint density at radius 3 is 2.19 bits per heavy atom. The number of aromatic nitrogens is 1. The number of pyridine rings is 1. The maximum Gasteiger partial charge on any atom is 0.129 e. The largest absolute Gasteiger partial charge is 0.357 e. The van der Waals surface area contributed by atoms with E-state index in [9.17, 15) is 0 Å². The van der Waals surface area contributed by atoms with E-state index in [-0.39, 0.29) is 11.0 Å². The van der Waals surface area contributed by atoms with Crippen molar-refractivity contribution in [2.24, 2.45) is 0 Å². The third-order valence-corrected chi connectivity index (χ3v) is 3.89. The molecule has 21 heavy (non-hydrogen) atoms. The molecule has 1 aliphatic rings. The van der Waals surface area contributed by atoms with Crippen molar-refractivity contribution >= 4 is 5.82 Å². The fraction of sp³-hybridized carbons (Fsp3) is 0.722. The Kier molecular flexibility index (Phi) is 4.62. The Morgan fingerprint density at radius 2 is 1.67 bits per heavy atom. The van der Waals surface area contributed by atoms with E-state index in [1.165, 1.54) is 24.1 Å². The van der Waals surface area contributed by atoms with Crippen molar-refractivity contribution in [2.75, 3.05) is 18.0 Å². The summed E-state index contributed by atoms with van der Waals surface area (Å²) in [4.78, 5) is 7.36. The lowest BCUT2D eigenvalue weighted by atomic mass is 9.90. The van der Waals surface area contributed by atoms with Gasteiger partial charge in [0.1, 0.15) is 5.82 Å². The molecule has 0 saturated carbocycles. The van der Waals surface area contributed by atoms with Crippen molar-refractivity contribution in [2.45, 2.75) is 71.9 Å². The van der Waals surface area contributed by atoms with Crippen LogP contribution in [0.2, 0.25) is 0 Å². The molecule has 0 bridgehead atoms. The van der Waals surface area contributed by atoms with Crippen LogP contribution in [0.25, 0.3) is 0 Å². The van der Waals surface area contributed by atoms with Crippen LogP contribution in [-0.2, 0) is 12.0 Å². The van der Waals surface area contributed by atoms with Gasteiger partial charge in [-0.2, -0.15) is 0 Å². The van der Waals surface area contributed by atoms with Crippen molar-refractivity contribution in [3.63, 3.8) is 0 Å². The van der Waals surface area contributed by atoms with Gasteiger partial charge in [-0.3, -0.25) is 0 Å². The summed E-state index contributed by atoms with van der Waals surface area (Å²) in [6.07, 6.45) is 2.58. The van der Waals surface area contributed by atoms with Crippen LogP contribution in [0, 0.1) is 0 Å². The van der Waals surface area contributed by atoms with E-state index in [4.69, 9.17) is 4.98 Å². The molecule has 3 heteroatoms. The first-order chi connectivity index (χ1) is 9.65. The minimum Gasteiger partial charge on any atom is -0.357 e. The average Bonchev–Trinajstić information content (AvgIpc) is 2.88. The molecule has 118 valence electrons. The molecule has 0 aliphatic carbocycles. The summed E-state index contributed by atoms with van der Waals surface area (Å²) in [6.45, 7) is 16.5. The Balaban J connectivity index is 2.28. The topological polar surface area (TPSA) is 28.2 Å². The van der Waals surface area contributed by atoms with Gasteiger partial charge in [-0.25, -0.2) is 4.98 Å². The third-order valence-electron chi connectivity index (χ3n) is 3.89. The monoisotopic (exact) mass is 289 g/mol. The van der Waals surface area contributed by atoms with Gasteiger partial charge in [-0.15, -0.1) is 0 Å².